The Morgan fingerprint density at radius 1 is 1.24 bits per heavy atom. The van der Waals surface area contributed by atoms with E-state index in [1.807, 2.05) is 6.07 Å². The normalized spacial score (nSPS) is 19.2. The first-order valence-corrected chi connectivity index (χ1v) is 9.15. The van der Waals surface area contributed by atoms with Crippen molar-refractivity contribution < 1.29 is 4.52 Å². The van der Waals surface area contributed by atoms with Crippen LogP contribution in [0.2, 0.25) is 0 Å². The Morgan fingerprint density at radius 3 is 2.68 bits per heavy atom. The summed E-state index contributed by atoms with van der Waals surface area (Å²) in [5, 5.41) is 8.74. The van der Waals surface area contributed by atoms with Crippen LogP contribution in [0, 0.1) is 5.92 Å². The molecule has 0 aromatic carbocycles. The summed E-state index contributed by atoms with van der Waals surface area (Å²) in [5.41, 5.74) is 1.91. The molecular formula is C19H26N4O2. The molecule has 0 N–H and O–H groups in total. The van der Waals surface area contributed by atoms with Gasteiger partial charge in [0.1, 0.15) is 5.76 Å². The molecule has 25 heavy (non-hydrogen) atoms. The van der Waals surface area contributed by atoms with E-state index in [1.165, 1.54) is 12.8 Å². The summed E-state index contributed by atoms with van der Waals surface area (Å²) in [4.78, 5) is 14.4. The number of rotatable bonds is 5. The van der Waals surface area contributed by atoms with Crippen LogP contribution in [0.1, 0.15) is 56.7 Å². The van der Waals surface area contributed by atoms with Gasteiger partial charge in [-0.2, -0.15) is 5.10 Å². The lowest BCUT2D eigenvalue weighted by molar-refractivity contribution is 0.0740. The zero-order valence-corrected chi connectivity index (χ0v) is 15.2. The maximum atomic E-state index is 12.1. The smallest absolute Gasteiger partial charge is 0.266 e. The van der Waals surface area contributed by atoms with Gasteiger partial charge in [-0.05, 0) is 18.9 Å². The van der Waals surface area contributed by atoms with E-state index >= 15 is 0 Å². The first-order chi connectivity index (χ1) is 11.9. The van der Waals surface area contributed by atoms with Crippen LogP contribution in [0.15, 0.2) is 27.5 Å². The molecule has 1 aliphatic carbocycles. The summed E-state index contributed by atoms with van der Waals surface area (Å²) in [7, 11) is 0. The van der Waals surface area contributed by atoms with Crippen molar-refractivity contribution in [2.24, 2.45) is 5.92 Å². The standard InChI is InChI=1S/C19H26N4O2/c1-19(2,3)17-6-7-18(24)23(20-17)11-13-9-22(10-13)12-15-8-16(25-21-15)14-4-5-14/h6-8,13-14H,4-5,9-12H2,1-3H3. The summed E-state index contributed by atoms with van der Waals surface area (Å²) < 4.78 is 7.04. The molecule has 2 aromatic rings. The van der Waals surface area contributed by atoms with Gasteiger partial charge >= 0.3 is 0 Å². The average molecular weight is 342 g/mol. The minimum Gasteiger partial charge on any atom is -0.361 e. The molecule has 6 nitrogen and oxygen atoms in total. The predicted molar refractivity (Wildman–Crippen MR) is 94.4 cm³/mol. The SMILES string of the molecule is CC(C)(C)c1ccc(=O)n(CC2CN(Cc3cc(C4CC4)on3)C2)n1. The van der Waals surface area contributed by atoms with Crippen molar-refractivity contribution in [3.05, 3.63) is 45.7 Å². The van der Waals surface area contributed by atoms with Crippen LogP contribution in [-0.2, 0) is 18.5 Å². The fourth-order valence-corrected chi connectivity index (χ4v) is 3.34. The highest BCUT2D eigenvalue weighted by Crippen LogP contribution is 2.40. The van der Waals surface area contributed by atoms with Crippen molar-refractivity contribution in [2.75, 3.05) is 13.1 Å². The lowest BCUT2D eigenvalue weighted by Crippen LogP contribution is -2.49. The second-order valence-electron chi connectivity index (χ2n) is 8.54. The first-order valence-electron chi connectivity index (χ1n) is 9.15. The minimum atomic E-state index is -0.0483. The predicted octanol–water partition coefficient (Wildman–Crippen LogP) is 2.54. The third-order valence-electron chi connectivity index (χ3n) is 5.04. The fraction of sp³-hybridized carbons (Fsp3) is 0.632. The molecule has 0 spiro atoms. The number of aromatic nitrogens is 3. The molecule has 0 radical (unpaired) electrons. The summed E-state index contributed by atoms with van der Waals surface area (Å²) in [5.74, 6) is 2.12. The molecule has 1 aliphatic heterocycles. The largest absolute Gasteiger partial charge is 0.361 e. The van der Waals surface area contributed by atoms with Crippen molar-refractivity contribution >= 4 is 0 Å². The average Bonchev–Trinajstić information content (AvgIpc) is 3.25. The molecule has 0 unspecified atom stereocenters. The Balaban J connectivity index is 1.32. The maximum Gasteiger partial charge on any atom is 0.266 e. The van der Waals surface area contributed by atoms with Crippen LogP contribution in [0.4, 0.5) is 0 Å². The lowest BCUT2D eigenvalue weighted by Gasteiger charge is -2.38. The molecule has 1 saturated heterocycles. The maximum absolute atomic E-state index is 12.1. The number of hydrogen-bond donors (Lipinski definition) is 0. The number of hydrogen-bond acceptors (Lipinski definition) is 5. The topological polar surface area (TPSA) is 64.2 Å². The number of nitrogens with zero attached hydrogens (tertiary/aromatic N) is 4. The van der Waals surface area contributed by atoms with Crippen molar-refractivity contribution in [3.63, 3.8) is 0 Å². The summed E-state index contributed by atoms with van der Waals surface area (Å²) in [6, 6.07) is 5.58. The molecular weight excluding hydrogens is 316 g/mol. The van der Waals surface area contributed by atoms with Crippen LogP contribution in [0.5, 0.6) is 0 Å². The molecule has 3 heterocycles. The van der Waals surface area contributed by atoms with Crippen LogP contribution < -0.4 is 5.56 Å². The van der Waals surface area contributed by atoms with Gasteiger partial charge in [-0.3, -0.25) is 9.69 Å². The minimum absolute atomic E-state index is 0.0166. The molecule has 1 saturated carbocycles. The van der Waals surface area contributed by atoms with Gasteiger partial charge in [0.15, 0.2) is 0 Å². The van der Waals surface area contributed by atoms with E-state index in [0.29, 0.717) is 18.4 Å². The number of likely N-dealkylation sites (tertiary alicyclic amines) is 1. The molecule has 2 fully saturated rings. The van der Waals surface area contributed by atoms with E-state index in [4.69, 9.17) is 4.52 Å². The molecule has 0 bridgehead atoms. The Kier molecular flexibility index (Phi) is 4.02. The van der Waals surface area contributed by atoms with Crippen molar-refractivity contribution in [1.29, 1.82) is 0 Å². The third kappa shape index (κ3) is 3.68. The van der Waals surface area contributed by atoms with Gasteiger partial charge < -0.3 is 4.52 Å². The van der Waals surface area contributed by atoms with Crippen LogP contribution in [-0.4, -0.2) is 32.9 Å². The van der Waals surface area contributed by atoms with E-state index in [2.05, 4.69) is 42.0 Å². The van der Waals surface area contributed by atoms with Crippen LogP contribution >= 0.6 is 0 Å². The van der Waals surface area contributed by atoms with Gasteiger partial charge in [0.05, 0.1) is 17.9 Å². The van der Waals surface area contributed by atoms with E-state index in [-0.39, 0.29) is 11.0 Å². The summed E-state index contributed by atoms with van der Waals surface area (Å²) in [6.45, 7) is 9.80. The van der Waals surface area contributed by atoms with E-state index < -0.39 is 0 Å². The molecule has 0 atom stereocenters. The van der Waals surface area contributed by atoms with Crippen LogP contribution in [0.3, 0.4) is 0 Å². The molecule has 4 rings (SSSR count). The summed E-state index contributed by atoms with van der Waals surface area (Å²) in [6.07, 6.45) is 2.46. The third-order valence-corrected chi connectivity index (χ3v) is 5.04. The van der Waals surface area contributed by atoms with Crippen molar-refractivity contribution in [3.8, 4) is 0 Å². The Bertz CT molecular complexity index is 807. The van der Waals surface area contributed by atoms with Gasteiger partial charge in [0.2, 0.25) is 0 Å². The van der Waals surface area contributed by atoms with Gasteiger partial charge in [-0.15, -0.1) is 0 Å². The Labute approximate surface area is 147 Å². The van der Waals surface area contributed by atoms with Gasteiger partial charge in [0.25, 0.3) is 5.56 Å². The zero-order valence-electron chi connectivity index (χ0n) is 15.2. The van der Waals surface area contributed by atoms with E-state index in [0.717, 1.165) is 36.8 Å². The zero-order chi connectivity index (χ0) is 17.6. The highest BCUT2D eigenvalue weighted by Gasteiger charge is 2.31. The van der Waals surface area contributed by atoms with Crippen molar-refractivity contribution in [2.45, 2.75) is 58.0 Å². The van der Waals surface area contributed by atoms with E-state index in [9.17, 15) is 4.79 Å². The first kappa shape index (κ1) is 16.5. The summed E-state index contributed by atoms with van der Waals surface area (Å²) >= 11 is 0. The molecule has 134 valence electrons. The highest BCUT2D eigenvalue weighted by molar-refractivity contribution is 5.15. The monoisotopic (exact) mass is 342 g/mol. The van der Waals surface area contributed by atoms with E-state index in [1.54, 1.807) is 10.7 Å². The fourth-order valence-electron chi connectivity index (χ4n) is 3.34. The molecule has 2 aromatic heterocycles. The quantitative estimate of drug-likeness (QED) is 0.835. The second-order valence-corrected chi connectivity index (χ2v) is 8.54. The molecule has 0 amide bonds. The molecule has 2 aliphatic rings. The van der Waals surface area contributed by atoms with Gasteiger partial charge in [-0.1, -0.05) is 25.9 Å². The molecule has 6 heteroatoms. The Hall–Kier alpha value is -1.95. The van der Waals surface area contributed by atoms with Crippen LogP contribution in [0.25, 0.3) is 0 Å². The lowest BCUT2D eigenvalue weighted by atomic mass is 9.92. The Morgan fingerprint density at radius 2 is 2.00 bits per heavy atom. The second kappa shape index (κ2) is 6.09. The van der Waals surface area contributed by atoms with Gasteiger partial charge in [-0.25, -0.2) is 4.68 Å². The van der Waals surface area contributed by atoms with Crippen molar-refractivity contribution in [1.82, 2.24) is 19.8 Å². The highest BCUT2D eigenvalue weighted by atomic mass is 16.5. The van der Waals surface area contributed by atoms with Gasteiger partial charge in [0, 0.05) is 49.0 Å².